The number of carbonyl (C=O) groups is 1. The molecule has 1 fully saturated rings. The Hall–Kier alpha value is -0.610. The molecule has 1 rings (SSSR count). The van der Waals surface area contributed by atoms with Gasteiger partial charge in [-0.1, -0.05) is 19.3 Å². The molecule has 4 heteroatoms. The van der Waals surface area contributed by atoms with Gasteiger partial charge >= 0.3 is 5.97 Å². The van der Waals surface area contributed by atoms with Crippen LogP contribution in [0.15, 0.2) is 0 Å². The Labute approximate surface area is 105 Å². The molecule has 1 aliphatic rings. The summed E-state index contributed by atoms with van der Waals surface area (Å²) in [5, 5.41) is 3.40. The fourth-order valence-electron chi connectivity index (χ4n) is 2.53. The van der Waals surface area contributed by atoms with E-state index in [4.69, 9.17) is 4.74 Å². The maximum Gasteiger partial charge on any atom is 0.313 e. The zero-order valence-corrected chi connectivity index (χ0v) is 11.4. The molecule has 0 aliphatic heterocycles. The van der Waals surface area contributed by atoms with Crippen LogP contribution in [0.3, 0.4) is 0 Å². The van der Waals surface area contributed by atoms with Crippen molar-refractivity contribution in [3.05, 3.63) is 0 Å². The molecule has 1 aliphatic carbocycles. The highest BCUT2D eigenvalue weighted by molar-refractivity contribution is 5.77. The Morgan fingerprint density at radius 3 is 2.47 bits per heavy atom. The quantitative estimate of drug-likeness (QED) is 0.562. The summed E-state index contributed by atoms with van der Waals surface area (Å²) in [7, 11) is 5.61. The molecule has 0 atom stereocenters. The Kier molecular flexibility index (Phi) is 5.92. The number of ether oxygens (including phenoxy) is 1. The number of esters is 1. The van der Waals surface area contributed by atoms with Gasteiger partial charge in [-0.15, -0.1) is 0 Å². The third-order valence-corrected chi connectivity index (χ3v) is 3.63. The minimum atomic E-state index is -0.265. The molecule has 100 valence electrons. The monoisotopic (exact) mass is 242 g/mol. The molecule has 1 N–H and O–H groups in total. The van der Waals surface area contributed by atoms with Gasteiger partial charge in [0.2, 0.25) is 0 Å². The van der Waals surface area contributed by atoms with E-state index in [0.29, 0.717) is 0 Å². The average molecular weight is 242 g/mol. The van der Waals surface area contributed by atoms with Crippen molar-refractivity contribution in [2.75, 3.05) is 40.8 Å². The van der Waals surface area contributed by atoms with Crippen molar-refractivity contribution in [3.8, 4) is 0 Å². The summed E-state index contributed by atoms with van der Waals surface area (Å²) in [6.45, 7) is 2.68. The van der Waals surface area contributed by atoms with Gasteiger partial charge in [0.15, 0.2) is 0 Å². The van der Waals surface area contributed by atoms with Crippen molar-refractivity contribution in [1.82, 2.24) is 10.2 Å². The van der Waals surface area contributed by atoms with Crippen LogP contribution >= 0.6 is 0 Å². The van der Waals surface area contributed by atoms with Gasteiger partial charge in [0, 0.05) is 19.6 Å². The largest absolute Gasteiger partial charge is 0.469 e. The Balaban J connectivity index is 2.43. The van der Waals surface area contributed by atoms with E-state index < -0.39 is 0 Å². The van der Waals surface area contributed by atoms with Crippen molar-refractivity contribution < 1.29 is 9.53 Å². The lowest BCUT2D eigenvalue weighted by molar-refractivity contribution is -0.154. The molecule has 0 aromatic heterocycles. The maximum atomic E-state index is 11.9. The van der Waals surface area contributed by atoms with Crippen LogP contribution in [0, 0.1) is 5.41 Å². The highest BCUT2D eigenvalue weighted by atomic mass is 16.5. The molecule has 0 aromatic rings. The number of rotatable bonds is 6. The first-order chi connectivity index (χ1) is 8.10. The van der Waals surface area contributed by atoms with Crippen molar-refractivity contribution in [1.29, 1.82) is 0 Å². The van der Waals surface area contributed by atoms with Crippen LogP contribution in [-0.2, 0) is 9.53 Å². The smallest absolute Gasteiger partial charge is 0.313 e. The number of nitrogens with zero attached hydrogens (tertiary/aromatic N) is 1. The summed E-state index contributed by atoms with van der Waals surface area (Å²) in [5.74, 6) is -0.0328. The standard InChI is InChI=1S/C13H26N2O2/c1-15(2)10-9-14-11-13(12(16)17-3)7-5-4-6-8-13/h14H,4-11H2,1-3H3. The molecular formula is C13H26N2O2. The molecular weight excluding hydrogens is 216 g/mol. The molecule has 17 heavy (non-hydrogen) atoms. The first-order valence-electron chi connectivity index (χ1n) is 6.54. The summed E-state index contributed by atoms with van der Waals surface area (Å²) in [5.41, 5.74) is -0.265. The van der Waals surface area contributed by atoms with Gasteiger partial charge in [0.1, 0.15) is 0 Å². The summed E-state index contributed by atoms with van der Waals surface area (Å²) < 4.78 is 4.98. The van der Waals surface area contributed by atoms with Crippen LogP contribution < -0.4 is 5.32 Å². The predicted molar refractivity (Wildman–Crippen MR) is 69.0 cm³/mol. The highest BCUT2D eigenvalue weighted by Gasteiger charge is 2.40. The second kappa shape index (κ2) is 6.97. The third kappa shape index (κ3) is 4.28. The summed E-state index contributed by atoms with van der Waals surface area (Å²) in [6.07, 6.45) is 5.47. The molecule has 0 radical (unpaired) electrons. The van der Waals surface area contributed by atoms with Gasteiger partial charge < -0.3 is 15.0 Å². The van der Waals surface area contributed by atoms with Crippen LogP contribution in [0.2, 0.25) is 0 Å². The van der Waals surface area contributed by atoms with E-state index in [0.717, 1.165) is 45.3 Å². The minimum absolute atomic E-state index is 0.0328. The van der Waals surface area contributed by atoms with E-state index in [9.17, 15) is 4.79 Å². The number of carbonyl (C=O) groups excluding carboxylic acids is 1. The summed E-state index contributed by atoms with van der Waals surface area (Å²) in [4.78, 5) is 14.1. The van der Waals surface area contributed by atoms with Gasteiger partial charge in [-0.2, -0.15) is 0 Å². The Bertz CT molecular complexity index is 236. The van der Waals surface area contributed by atoms with Crippen LogP contribution in [0.5, 0.6) is 0 Å². The Morgan fingerprint density at radius 1 is 1.29 bits per heavy atom. The summed E-state index contributed by atoms with van der Waals surface area (Å²) >= 11 is 0. The van der Waals surface area contributed by atoms with Gasteiger partial charge in [-0.05, 0) is 26.9 Å². The van der Waals surface area contributed by atoms with Crippen molar-refractivity contribution in [2.45, 2.75) is 32.1 Å². The van der Waals surface area contributed by atoms with Crippen molar-refractivity contribution in [2.24, 2.45) is 5.41 Å². The number of methoxy groups -OCH3 is 1. The molecule has 0 unspecified atom stereocenters. The molecule has 4 nitrogen and oxygen atoms in total. The highest BCUT2D eigenvalue weighted by Crippen LogP contribution is 2.36. The van der Waals surface area contributed by atoms with Crippen LogP contribution in [-0.4, -0.2) is 51.7 Å². The lowest BCUT2D eigenvalue weighted by Gasteiger charge is -2.34. The second-order valence-electron chi connectivity index (χ2n) is 5.31. The lowest BCUT2D eigenvalue weighted by atomic mass is 9.74. The molecule has 0 saturated heterocycles. The fourth-order valence-corrected chi connectivity index (χ4v) is 2.53. The second-order valence-corrected chi connectivity index (χ2v) is 5.31. The molecule has 0 heterocycles. The maximum absolute atomic E-state index is 11.9. The molecule has 0 aromatic carbocycles. The number of hydrogen-bond donors (Lipinski definition) is 1. The van der Waals surface area contributed by atoms with E-state index in [1.165, 1.54) is 13.5 Å². The van der Waals surface area contributed by atoms with Gasteiger partial charge in [0.25, 0.3) is 0 Å². The molecule has 1 saturated carbocycles. The van der Waals surface area contributed by atoms with Gasteiger partial charge in [-0.3, -0.25) is 4.79 Å². The van der Waals surface area contributed by atoms with E-state index in [1.54, 1.807) is 0 Å². The lowest BCUT2D eigenvalue weighted by Crippen LogP contribution is -2.44. The zero-order valence-electron chi connectivity index (χ0n) is 11.4. The summed E-state index contributed by atoms with van der Waals surface area (Å²) in [6, 6.07) is 0. The van der Waals surface area contributed by atoms with Crippen LogP contribution in [0.1, 0.15) is 32.1 Å². The Morgan fingerprint density at radius 2 is 1.94 bits per heavy atom. The number of nitrogens with one attached hydrogen (secondary N) is 1. The number of likely N-dealkylation sites (N-methyl/N-ethyl adjacent to an activating group) is 1. The number of hydrogen-bond acceptors (Lipinski definition) is 4. The average Bonchev–Trinajstić information content (AvgIpc) is 2.34. The van der Waals surface area contributed by atoms with Gasteiger partial charge in [-0.25, -0.2) is 0 Å². The molecule has 0 amide bonds. The molecule has 0 bridgehead atoms. The predicted octanol–water partition coefficient (Wildman–Crippen LogP) is 1.26. The molecule has 0 spiro atoms. The van der Waals surface area contributed by atoms with E-state index in [2.05, 4.69) is 24.3 Å². The van der Waals surface area contributed by atoms with E-state index >= 15 is 0 Å². The third-order valence-electron chi connectivity index (χ3n) is 3.63. The van der Waals surface area contributed by atoms with E-state index in [1.807, 2.05) is 0 Å². The van der Waals surface area contributed by atoms with Crippen LogP contribution in [0.25, 0.3) is 0 Å². The zero-order chi connectivity index (χ0) is 12.7. The first kappa shape index (κ1) is 14.5. The topological polar surface area (TPSA) is 41.6 Å². The fraction of sp³-hybridized carbons (Fsp3) is 0.923. The SMILES string of the molecule is COC(=O)C1(CNCCN(C)C)CCCCC1. The first-order valence-corrected chi connectivity index (χ1v) is 6.54. The van der Waals surface area contributed by atoms with Gasteiger partial charge in [0.05, 0.1) is 12.5 Å². The normalized spacial score (nSPS) is 19.3. The van der Waals surface area contributed by atoms with E-state index in [-0.39, 0.29) is 11.4 Å². The minimum Gasteiger partial charge on any atom is -0.469 e. The van der Waals surface area contributed by atoms with Crippen molar-refractivity contribution in [3.63, 3.8) is 0 Å². The van der Waals surface area contributed by atoms with Crippen molar-refractivity contribution >= 4 is 5.97 Å². The van der Waals surface area contributed by atoms with Crippen LogP contribution in [0.4, 0.5) is 0 Å².